The number of aromatic amines is 1. The number of hydrogen-bond acceptors (Lipinski definition) is 5. The summed E-state index contributed by atoms with van der Waals surface area (Å²) in [6.07, 6.45) is 1.58. The molecule has 1 aromatic carbocycles. The lowest BCUT2D eigenvalue weighted by atomic mass is 10.2. The Labute approximate surface area is 136 Å². The van der Waals surface area contributed by atoms with Crippen LogP contribution in [0.4, 0.5) is 20.3 Å². The van der Waals surface area contributed by atoms with Gasteiger partial charge in [-0.05, 0) is 23.8 Å². The monoisotopic (exact) mass is 340 g/mol. The molecule has 0 saturated heterocycles. The highest BCUT2D eigenvalue weighted by atomic mass is 19.3. The van der Waals surface area contributed by atoms with Crippen LogP contribution in [0.5, 0.6) is 11.5 Å². The molecular weight excluding hydrogens is 324 g/mol. The van der Waals surface area contributed by atoms with E-state index in [1.165, 1.54) is 25.3 Å². The van der Waals surface area contributed by atoms with Gasteiger partial charge in [-0.2, -0.15) is 8.78 Å². The molecule has 0 aliphatic carbocycles. The Morgan fingerprint density at radius 2 is 2.08 bits per heavy atom. The van der Waals surface area contributed by atoms with Gasteiger partial charge in [0.1, 0.15) is 6.54 Å². The average Bonchev–Trinajstić information content (AvgIpc) is 2.55. The van der Waals surface area contributed by atoms with Gasteiger partial charge in [0, 0.05) is 6.07 Å². The standard InChI is InChI=1S/C15H15F2N3O4/c1-19(14-11(20(21)22)4-3-7-18-14)9-10-5-6-12(24-15(16)17)13(8-10)23-2/h3-8,15H,9H2,1-2H3/p+1. The maximum atomic E-state index is 12.3. The van der Waals surface area contributed by atoms with Crippen molar-refractivity contribution < 1.29 is 28.2 Å². The number of ether oxygens (including phenoxy) is 2. The average molecular weight is 340 g/mol. The van der Waals surface area contributed by atoms with E-state index in [0.29, 0.717) is 17.9 Å². The van der Waals surface area contributed by atoms with Crippen molar-refractivity contribution in [1.29, 1.82) is 0 Å². The molecule has 0 aliphatic rings. The van der Waals surface area contributed by atoms with E-state index in [0.717, 1.165) is 0 Å². The number of anilines is 1. The van der Waals surface area contributed by atoms with Crippen LogP contribution in [0.15, 0.2) is 36.5 Å². The van der Waals surface area contributed by atoms with Gasteiger partial charge in [-0.3, -0.25) is 15.0 Å². The van der Waals surface area contributed by atoms with Crippen molar-refractivity contribution >= 4 is 11.5 Å². The van der Waals surface area contributed by atoms with Gasteiger partial charge >= 0.3 is 18.1 Å². The number of nitrogens with one attached hydrogen (secondary N) is 1. The zero-order valence-electron chi connectivity index (χ0n) is 13.0. The minimum atomic E-state index is -2.95. The molecule has 0 aliphatic heterocycles. The number of halogens is 2. The van der Waals surface area contributed by atoms with Gasteiger partial charge in [0.05, 0.1) is 25.3 Å². The molecule has 0 atom stereocenters. The number of benzene rings is 1. The third-order valence-corrected chi connectivity index (χ3v) is 3.26. The molecule has 2 rings (SSSR count). The topological polar surface area (TPSA) is 79.0 Å². The van der Waals surface area contributed by atoms with Crippen molar-refractivity contribution in [1.82, 2.24) is 0 Å². The SMILES string of the molecule is COc1cc(CN(C)c2[nH+]cccc2[N+](=O)[O-])ccc1OC(F)F. The smallest absolute Gasteiger partial charge is 0.387 e. The molecular formula is C15H16F2N3O4+. The van der Waals surface area contributed by atoms with E-state index in [9.17, 15) is 18.9 Å². The molecule has 1 N–H and O–H groups in total. The van der Waals surface area contributed by atoms with Crippen LogP contribution in [0, 0.1) is 10.1 Å². The van der Waals surface area contributed by atoms with Crippen LogP contribution in [0.2, 0.25) is 0 Å². The number of nitro groups is 1. The highest BCUT2D eigenvalue weighted by Gasteiger charge is 2.25. The lowest BCUT2D eigenvalue weighted by Crippen LogP contribution is -2.25. The third kappa shape index (κ3) is 4.06. The van der Waals surface area contributed by atoms with Gasteiger partial charge in [-0.15, -0.1) is 0 Å². The van der Waals surface area contributed by atoms with Crippen LogP contribution in [0.25, 0.3) is 0 Å². The van der Waals surface area contributed by atoms with Crippen molar-refractivity contribution in [2.24, 2.45) is 0 Å². The zero-order chi connectivity index (χ0) is 17.7. The number of pyridine rings is 1. The minimum absolute atomic E-state index is 0.0652. The normalized spacial score (nSPS) is 10.5. The largest absolute Gasteiger partial charge is 0.493 e. The number of aromatic nitrogens is 1. The van der Waals surface area contributed by atoms with Gasteiger partial charge in [0.25, 0.3) is 0 Å². The van der Waals surface area contributed by atoms with Crippen molar-refractivity contribution in [3.63, 3.8) is 0 Å². The van der Waals surface area contributed by atoms with Crippen LogP contribution in [-0.4, -0.2) is 25.7 Å². The Bertz CT molecular complexity index is 728. The second-order valence-electron chi connectivity index (χ2n) is 4.88. The maximum Gasteiger partial charge on any atom is 0.387 e. The van der Waals surface area contributed by atoms with Crippen LogP contribution in [-0.2, 0) is 6.54 Å². The minimum Gasteiger partial charge on any atom is -0.493 e. The summed E-state index contributed by atoms with van der Waals surface area (Å²) in [5, 5.41) is 11.1. The predicted molar refractivity (Wildman–Crippen MR) is 81.4 cm³/mol. The summed E-state index contributed by atoms with van der Waals surface area (Å²) < 4.78 is 34.1. The Kier molecular flexibility index (Phi) is 5.46. The molecule has 128 valence electrons. The van der Waals surface area contributed by atoms with E-state index in [1.807, 2.05) is 0 Å². The summed E-state index contributed by atoms with van der Waals surface area (Å²) in [4.78, 5) is 15.1. The second kappa shape index (κ2) is 7.53. The summed E-state index contributed by atoms with van der Waals surface area (Å²) >= 11 is 0. The highest BCUT2D eigenvalue weighted by molar-refractivity contribution is 5.53. The molecule has 1 aromatic heterocycles. The van der Waals surface area contributed by atoms with Crippen LogP contribution < -0.4 is 19.4 Å². The molecule has 2 aromatic rings. The van der Waals surface area contributed by atoms with Crippen LogP contribution in [0.1, 0.15) is 5.56 Å². The predicted octanol–water partition coefficient (Wildman–Crippen LogP) is 2.66. The van der Waals surface area contributed by atoms with Gasteiger partial charge in [-0.1, -0.05) is 6.07 Å². The molecule has 1 heterocycles. The van der Waals surface area contributed by atoms with Crippen LogP contribution >= 0.6 is 0 Å². The quantitative estimate of drug-likeness (QED) is 0.572. The Morgan fingerprint density at radius 3 is 2.71 bits per heavy atom. The number of alkyl halides is 2. The van der Waals surface area contributed by atoms with E-state index in [1.54, 1.807) is 30.3 Å². The number of nitrogens with zero attached hydrogens (tertiary/aromatic N) is 2. The molecule has 0 amide bonds. The second-order valence-corrected chi connectivity index (χ2v) is 4.88. The van der Waals surface area contributed by atoms with E-state index in [4.69, 9.17) is 4.74 Å². The highest BCUT2D eigenvalue weighted by Crippen LogP contribution is 2.30. The molecule has 0 fully saturated rings. The first kappa shape index (κ1) is 17.4. The first-order valence-corrected chi connectivity index (χ1v) is 6.90. The van der Waals surface area contributed by atoms with Crippen molar-refractivity contribution in [2.75, 3.05) is 19.1 Å². The van der Waals surface area contributed by atoms with E-state index in [-0.39, 0.29) is 17.2 Å². The fraction of sp³-hybridized carbons (Fsp3) is 0.267. The number of methoxy groups -OCH3 is 1. The first-order valence-electron chi connectivity index (χ1n) is 6.90. The van der Waals surface area contributed by atoms with Crippen molar-refractivity contribution in [3.8, 4) is 11.5 Å². The number of hydrogen-bond donors (Lipinski definition) is 0. The van der Waals surface area contributed by atoms with E-state index in [2.05, 4.69) is 9.72 Å². The fourth-order valence-electron chi connectivity index (χ4n) is 2.23. The zero-order valence-corrected chi connectivity index (χ0v) is 13.0. The molecule has 0 spiro atoms. The number of H-pyrrole nitrogens is 1. The number of rotatable bonds is 7. The molecule has 7 nitrogen and oxygen atoms in total. The molecule has 0 radical (unpaired) electrons. The summed E-state index contributed by atoms with van der Waals surface area (Å²) in [5.74, 6) is 0.415. The van der Waals surface area contributed by atoms with Crippen molar-refractivity contribution in [3.05, 3.63) is 52.2 Å². The summed E-state index contributed by atoms with van der Waals surface area (Å²) in [6.45, 7) is -2.65. The van der Waals surface area contributed by atoms with Gasteiger partial charge in [0.2, 0.25) is 0 Å². The summed E-state index contributed by atoms with van der Waals surface area (Å²) in [7, 11) is 3.02. The molecule has 24 heavy (non-hydrogen) atoms. The van der Waals surface area contributed by atoms with Gasteiger partial charge in [0.15, 0.2) is 11.5 Å². The van der Waals surface area contributed by atoms with E-state index >= 15 is 0 Å². The van der Waals surface area contributed by atoms with Gasteiger partial charge < -0.3 is 9.47 Å². The maximum absolute atomic E-state index is 12.3. The first-order chi connectivity index (χ1) is 11.4. The van der Waals surface area contributed by atoms with E-state index < -0.39 is 11.5 Å². The lowest BCUT2D eigenvalue weighted by Gasteiger charge is -2.14. The summed E-state index contributed by atoms with van der Waals surface area (Å²) in [6, 6.07) is 7.43. The van der Waals surface area contributed by atoms with Crippen molar-refractivity contribution in [2.45, 2.75) is 13.2 Å². The Morgan fingerprint density at radius 1 is 1.33 bits per heavy atom. The molecule has 9 heteroatoms. The van der Waals surface area contributed by atoms with Gasteiger partial charge in [-0.25, -0.2) is 4.98 Å². The van der Waals surface area contributed by atoms with Crippen LogP contribution in [0.3, 0.4) is 0 Å². The lowest BCUT2D eigenvalue weighted by molar-refractivity contribution is -0.411. The Balaban J connectivity index is 2.23. The molecule has 0 unspecified atom stereocenters. The summed E-state index contributed by atoms with van der Waals surface area (Å²) in [5.41, 5.74) is 0.645. The molecule has 0 saturated carbocycles. The third-order valence-electron chi connectivity index (χ3n) is 3.26. The Hall–Kier alpha value is -2.97. The molecule has 0 bridgehead atoms. The fourth-order valence-corrected chi connectivity index (χ4v) is 2.23.